The van der Waals surface area contributed by atoms with Crippen molar-refractivity contribution < 1.29 is 9.53 Å². The molecule has 76 valence electrons. The summed E-state index contributed by atoms with van der Waals surface area (Å²) in [5, 5.41) is 6.15. The zero-order chi connectivity index (χ0) is 9.52. The van der Waals surface area contributed by atoms with Crippen LogP contribution >= 0.6 is 0 Å². The second-order valence-electron chi connectivity index (χ2n) is 3.20. The fourth-order valence-electron chi connectivity index (χ4n) is 1.40. The molecule has 1 aliphatic rings. The van der Waals surface area contributed by atoms with Gasteiger partial charge < -0.3 is 15.4 Å². The Morgan fingerprint density at radius 1 is 1.69 bits per heavy atom. The Kier molecular flexibility index (Phi) is 4.78. The molecule has 4 heteroatoms. The normalized spacial score (nSPS) is 21.9. The van der Waals surface area contributed by atoms with Crippen molar-refractivity contribution in [1.82, 2.24) is 10.6 Å². The molecule has 1 fully saturated rings. The fourth-order valence-corrected chi connectivity index (χ4v) is 1.40. The SMILES string of the molecule is CCOCCNCC1CCC(=O)N1. The van der Waals surface area contributed by atoms with Crippen LogP contribution in [0.4, 0.5) is 0 Å². The Morgan fingerprint density at radius 2 is 2.54 bits per heavy atom. The van der Waals surface area contributed by atoms with Crippen molar-refractivity contribution in [3.8, 4) is 0 Å². The van der Waals surface area contributed by atoms with Crippen LogP contribution in [0.3, 0.4) is 0 Å². The molecule has 1 atom stereocenters. The second kappa shape index (κ2) is 5.94. The summed E-state index contributed by atoms with van der Waals surface area (Å²) in [6, 6.07) is 0.328. The van der Waals surface area contributed by atoms with Gasteiger partial charge in [0.25, 0.3) is 0 Å². The van der Waals surface area contributed by atoms with Crippen molar-refractivity contribution in [1.29, 1.82) is 0 Å². The van der Waals surface area contributed by atoms with Gasteiger partial charge in [0.15, 0.2) is 0 Å². The van der Waals surface area contributed by atoms with Gasteiger partial charge in [0, 0.05) is 32.2 Å². The van der Waals surface area contributed by atoms with Crippen molar-refractivity contribution in [2.75, 3.05) is 26.3 Å². The van der Waals surface area contributed by atoms with Crippen LogP contribution in [0.2, 0.25) is 0 Å². The van der Waals surface area contributed by atoms with Gasteiger partial charge in [-0.2, -0.15) is 0 Å². The van der Waals surface area contributed by atoms with Crippen molar-refractivity contribution >= 4 is 5.91 Å². The van der Waals surface area contributed by atoms with E-state index in [2.05, 4.69) is 10.6 Å². The molecule has 1 amide bonds. The smallest absolute Gasteiger partial charge is 0.220 e. The highest BCUT2D eigenvalue weighted by molar-refractivity contribution is 5.78. The Bertz CT molecular complexity index is 162. The third-order valence-electron chi connectivity index (χ3n) is 2.10. The van der Waals surface area contributed by atoms with Gasteiger partial charge in [-0.15, -0.1) is 0 Å². The quantitative estimate of drug-likeness (QED) is 0.569. The number of nitrogens with one attached hydrogen (secondary N) is 2. The molecule has 2 N–H and O–H groups in total. The van der Waals surface area contributed by atoms with E-state index in [0.29, 0.717) is 12.5 Å². The van der Waals surface area contributed by atoms with Gasteiger partial charge in [-0.25, -0.2) is 0 Å². The van der Waals surface area contributed by atoms with Crippen molar-refractivity contribution in [3.63, 3.8) is 0 Å². The number of hydrogen-bond acceptors (Lipinski definition) is 3. The average molecular weight is 186 g/mol. The topological polar surface area (TPSA) is 50.4 Å². The summed E-state index contributed by atoms with van der Waals surface area (Å²) in [7, 11) is 0. The highest BCUT2D eigenvalue weighted by Crippen LogP contribution is 2.04. The summed E-state index contributed by atoms with van der Waals surface area (Å²) in [6.07, 6.45) is 1.64. The lowest BCUT2D eigenvalue weighted by atomic mass is 10.2. The first-order valence-corrected chi connectivity index (χ1v) is 4.90. The van der Waals surface area contributed by atoms with E-state index in [9.17, 15) is 4.79 Å². The Hall–Kier alpha value is -0.610. The van der Waals surface area contributed by atoms with E-state index in [-0.39, 0.29) is 5.91 Å². The zero-order valence-electron chi connectivity index (χ0n) is 8.14. The first-order valence-electron chi connectivity index (χ1n) is 4.90. The number of ether oxygens (including phenoxy) is 1. The lowest BCUT2D eigenvalue weighted by Crippen LogP contribution is -2.36. The van der Waals surface area contributed by atoms with Gasteiger partial charge in [-0.1, -0.05) is 0 Å². The summed E-state index contributed by atoms with van der Waals surface area (Å²) < 4.78 is 5.17. The molecule has 1 unspecified atom stereocenters. The van der Waals surface area contributed by atoms with E-state index in [1.54, 1.807) is 0 Å². The highest BCUT2D eigenvalue weighted by atomic mass is 16.5. The number of amides is 1. The molecule has 0 spiro atoms. The van der Waals surface area contributed by atoms with Crippen LogP contribution < -0.4 is 10.6 Å². The maximum Gasteiger partial charge on any atom is 0.220 e. The minimum absolute atomic E-state index is 0.177. The molecule has 0 aromatic heterocycles. The molecule has 0 aromatic carbocycles. The third kappa shape index (κ3) is 4.24. The van der Waals surface area contributed by atoms with Gasteiger partial charge in [0.05, 0.1) is 6.61 Å². The van der Waals surface area contributed by atoms with E-state index < -0.39 is 0 Å². The highest BCUT2D eigenvalue weighted by Gasteiger charge is 2.19. The van der Waals surface area contributed by atoms with E-state index in [1.807, 2.05) is 6.92 Å². The van der Waals surface area contributed by atoms with Gasteiger partial charge in [0.2, 0.25) is 5.91 Å². The summed E-state index contributed by atoms with van der Waals surface area (Å²) in [5.74, 6) is 0.177. The van der Waals surface area contributed by atoms with Crippen molar-refractivity contribution in [2.24, 2.45) is 0 Å². The van der Waals surface area contributed by atoms with E-state index >= 15 is 0 Å². The molecule has 0 bridgehead atoms. The van der Waals surface area contributed by atoms with E-state index in [1.165, 1.54) is 0 Å². The molecule has 0 saturated carbocycles. The van der Waals surface area contributed by atoms with Crippen molar-refractivity contribution in [2.45, 2.75) is 25.8 Å². The van der Waals surface area contributed by atoms with Crippen LogP contribution in [0, 0.1) is 0 Å². The van der Waals surface area contributed by atoms with Crippen LogP contribution in [0.1, 0.15) is 19.8 Å². The maximum atomic E-state index is 10.8. The predicted octanol–water partition coefficient (Wildman–Crippen LogP) is -0.109. The van der Waals surface area contributed by atoms with Gasteiger partial charge in [-0.05, 0) is 13.3 Å². The van der Waals surface area contributed by atoms with Gasteiger partial charge in [-0.3, -0.25) is 4.79 Å². The minimum Gasteiger partial charge on any atom is -0.380 e. The van der Waals surface area contributed by atoms with Crippen molar-refractivity contribution in [3.05, 3.63) is 0 Å². The molecule has 0 aliphatic carbocycles. The van der Waals surface area contributed by atoms with Crippen LogP contribution in [0.5, 0.6) is 0 Å². The molecule has 1 heterocycles. The lowest BCUT2D eigenvalue weighted by Gasteiger charge is -2.10. The summed E-state index contributed by atoms with van der Waals surface area (Å²) in [4.78, 5) is 10.8. The molecule has 1 saturated heterocycles. The van der Waals surface area contributed by atoms with Crippen LogP contribution in [-0.2, 0) is 9.53 Å². The van der Waals surface area contributed by atoms with E-state index in [4.69, 9.17) is 4.74 Å². The Morgan fingerprint density at radius 3 is 3.15 bits per heavy atom. The number of carbonyl (C=O) groups excluding carboxylic acids is 1. The maximum absolute atomic E-state index is 10.8. The molecule has 0 aromatic rings. The summed E-state index contributed by atoms with van der Waals surface area (Å²) in [6.45, 7) is 5.22. The molecule has 4 nitrogen and oxygen atoms in total. The average Bonchev–Trinajstić information content (AvgIpc) is 2.51. The number of rotatable bonds is 6. The second-order valence-corrected chi connectivity index (χ2v) is 3.20. The van der Waals surface area contributed by atoms with E-state index in [0.717, 1.165) is 32.7 Å². The Balaban J connectivity index is 1.91. The van der Waals surface area contributed by atoms with Crippen LogP contribution in [0.15, 0.2) is 0 Å². The predicted molar refractivity (Wildman–Crippen MR) is 50.5 cm³/mol. The Labute approximate surface area is 79.0 Å². The first kappa shape index (κ1) is 10.5. The monoisotopic (exact) mass is 186 g/mol. The van der Waals surface area contributed by atoms with Gasteiger partial charge >= 0.3 is 0 Å². The van der Waals surface area contributed by atoms with Crippen LogP contribution in [-0.4, -0.2) is 38.3 Å². The summed E-state index contributed by atoms with van der Waals surface area (Å²) >= 11 is 0. The van der Waals surface area contributed by atoms with Crippen LogP contribution in [0.25, 0.3) is 0 Å². The largest absolute Gasteiger partial charge is 0.380 e. The zero-order valence-corrected chi connectivity index (χ0v) is 8.14. The molecule has 1 rings (SSSR count). The molecule has 1 aliphatic heterocycles. The minimum atomic E-state index is 0.177. The molecule has 0 radical (unpaired) electrons. The van der Waals surface area contributed by atoms with Gasteiger partial charge in [0.1, 0.15) is 0 Å². The number of carbonyl (C=O) groups is 1. The third-order valence-corrected chi connectivity index (χ3v) is 2.10. The molecule has 13 heavy (non-hydrogen) atoms. The number of hydrogen-bond donors (Lipinski definition) is 2. The molecular weight excluding hydrogens is 168 g/mol. The standard InChI is InChI=1S/C9H18N2O2/c1-2-13-6-5-10-7-8-3-4-9(12)11-8/h8,10H,2-7H2,1H3,(H,11,12). The first-order chi connectivity index (χ1) is 6.33. The molecular formula is C9H18N2O2. The lowest BCUT2D eigenvalue weighted by molar-refractivity contribution is -0.119. The fraction of sp³-hybridized carbons (Fsp3) is 0.889. The summed E-state index contributed by atoms with van der Waals surface area (Å²) in [5.41, 5.74) is 0.